The molecule has 4 nitrogen and oxygen atoms in total. The fourth-order valence-corrected chi connectivity index (χ4v) is 1.58. The minimum absolute atomic E-state index is 0.0603. The van der Waals surface area contributed by atoms with E-state index < -0.39 is 0 Å². The monoisotopic (exact) mass is 300 g/mol. The molecule has 0 fully saturated rings. The molecule has 0 bridgehead atoms. The molecule has 1 amide bonds. The molecule has 5 heteroatoms. The third-order valence-electron chi connectivity index (χ3n) is 2.46. The van der Waals surface area contributed by atoms with Gasteiger partial charge in [-0.3, -0.25) is 4.79 Å². The maximum absolute atomic E-state index is 11.6. The molecule has 0 spiro atoms. The summed E-state index contributed by atoms with van der Waals surface area (Å²) in [6.45, 7) is 4.31. The average molecular weight is 301 g/mol. The number of nitrogens with one attached hydrogen (secondary N) is 2. The van der Waals surface area contributed by atoms with E-state index in [1.165, 1.54) is 6.07 Å². The van der Waals surface area contributed by atoms with Crippen molar-refractivity contribution in [3.05, 3.63) is 22.7 Å². The van der Waals surface area contributed by atoms with Crippen LogP contribution in [0.1, 0.15) is 20.3 Å². The molecule has 0 aliphatic heterocycles. The number of benzene rings is 1. The summed E-state index contributed by atoms with van der Waals surface area (Å²) in [6, 6.07) is 5.21. The van der Waals surface area contributed by atoms with Gasteiger partial charge in [0.1, 0.15) is 5.75 Å². The van der Waals surface area contributed by atoms with Gasteiger partial charge in [-0.1, -0.05) is 22.9 Å². The Balaban J connectivity index is 2.53. The number of rotatable bonds is 5. The van der Waals surface area contributed by atoms with E-state index in [-0.39, 0.29) is 18.2 Å². The van der Waals surface area contributed by atoms with Crippen molar-refractivity contribution in [2.24, 2.45) is 0 Å². The van der Waals surface area contributed by atoms with Gasteiger partial charge in [-0.2, -0.15) is 0 Å². The van der Waals surface area contributed by atoms with Crippen molar-refractivity contribution in [1.29, 1.82) is 0 Å². The zero-order valence-electron chi connectivity index (χ0n) is 9.96. The molecule has 1 atom stereocenters. The SMILES string of the molecule is CCC(C)NCC(=O)Nc1cc(Br)ccc1O. The second-order valence-electron chi connectivity index (χ2n) is 3.90. The number of aromatic hydroxyl groups is 1. The second kappa shape index (κ2) is 6.61. The van der Waals surface area contributed by atoms with Crippen LogP contribution in [0, 0.1) is 0 Å². The van der Waals surface area contributed by atoms with Gasteiger partial charge in [-0.25, -0.2) is 0 Å². The molecule has 0 saturated heterocycles. The molecule has 3 N–H and O–H groups in total. The number of carbonyl (C=O) groups is 1. The first-order valence-corrected chi connectivity index (χ1v) is 6.34. The average Bonchev–Trinajstić information content (AvgIpc) is 2.30. The van der Waals surface area contributed by atoms with Crippen LogP contribution in [0.5, 0.6) is 5.75 Å². The van der Waals surface area contributed by atoms with Crippen molar-refractivity contribution in [3.63, 3.8) is 0 Å². The lowest BCUT2D eigenvalue weighted by Gasteiger charge is -2.12. The van der Waals surface area contributed by atoms with Gasteiger partial charge in [-0.15, -0.1) is 0 Å². The van der Waals surface area contributed by atoms with Crippen LogP contribution < -0.4 is 10.6 Å². The van der Waals surface area contributed by atoms with Crippen LogP contribution in [0.2, 0.25) is 0 Å². The van der Waals surface area contributed by atoms with E-state index >= 15 is 0 Å². The van der Waals surface area contributed by atoms with Crippen molar-refractivity contribution < 1.29 is 9.90 Å². The molecule has 1 unspecified atom stereocenters. The number of hydrogen-bond acceptors (Lipinski definition) is 3. The van der Waals surface area contributed by atoms with E-state index in [0.717, 1.165) is 10.9 Å². The van der Waals surface area contributed by atoms with E-state index in [1.807, 2.05) is 6.92 Å². The van der Waals surface area contributed by atoms with E-state index in [4.69, 9.17) is 0 Å². The number of carbonyl (C=O) groups excluding carboxylic acids is 1. The number of phenolic OH excluding ortho intramolecular Hbond substituents is 1. The third-order valence-corrected chi connectivity index (χ3v) is 2.95. The van der Waals surface area contributed by atoms with Gasteiger partial charge in [0.05, 0.1) is 12.2 Å². The fraction of sp³-hybridized carbons (Fsp3) is 0.417. The van der Waals surface area contributed by atoms with Crippen LogP contribution in [0.25, 0.3) is 0 Å². The first kappa shape index (κ1) is 14.0. The Kier molecular flexibility index (Phi) is 5.44. The zero-order chi connectivity index (χ0) is 12.8. The summed E-state index contributed by atoms with van der Waals surface area (Å²) < 4.78 is 0.806. The molecule has 0 aliphatic rings. The Morgan fingerprint density at radius 3 is 2.88 bits per heavy atom. The summed E-state index contributed by atoms with van der Waals surface area (Å²) in [5.74, 6) is -0.108. The van der Waals surface area contributed by atoms with Crippen LogP contribution in [0.3, 0.4) is 0 Å². The van der Waals surface area contributed by atoms with E-state index in [0.29, 0.717) is 11.7 Å². The highest BCUT2D eigenvalue weighted by Gasteiger charge is 2.07. The van der Waals surface area contributed by atoms with Gasteiger partial charge in [0.2, 0.25) is 5.91 Å². The molecule has 1 aromatic carbocycles. The highest BCUT2D eigenvalue weighted by molar-refractivity contribution is 9.10. The maximum atomic E-state index is 11.6. The summed E-state index contributed by atoms with van der Waals surface area (Å²) in [5, 5.41) is 15.3. The minimum Gasteiger partial charge on any atom is -0.506 e. The normalized spacial score (nSPS) is 12.2. The topological polar surface area (TPSA) is 61.4 Å². The van der Waals surface area contributed by atoms with Crippen molar-refractivity contribution >= 4 is 27.5 Å². The summed E-state index contributed by atoms with van der Waals surface area (Å²) in [7, 11) is 0. The fourth-order valence-electron chi connectivity index (χ4n) is 1.21. The van der Waals surface area contributed by atoms with E-state index in [2.05, 4.69) is 33.5 Å². The summed E-state index contributed by atoms with van der Waals surface area (Å²) in [6.07, 6.45) is 0.968. The summed E-state index contributed by atoms with van der Waals surface area (Å²) >= 11 is 3.28. The van der Waals surface area contributed by atoms with Gasteiger partial charge in [0.25, 0.3) is 0 Å². The van der Waals surface area contributed by atoms with Crippen LogP contribution in [-0.2, 0) is 4.79 Å². The molecule has 1 rings (SSSR count). The maximum Gasteiger partial charge on any atom is 0.238 e. The predicted molar refractivity (Wildman–Crippen MR) is 72.2 cm³/mol. The number of anilines is 1. The van der Waals surface area contributed by atoms with Crippen LogP contribution in [0.4, 0.5) is 5.69 Å². The minimum atomic E-state index is -0.168. The first-order chi connectivity index (χ1) is 8.02. The van der Waals surface area contributed by atoms with Gasteiger partial charge >= 0.3 is 0 Å². The number of halogens is 1. The Labute approximate surface area is 110 Å². The highest BCUT2D eigenvalue weighted by Crippen LogP contribution is 2.26. The Morgan fingerprint density at radius 2 is 2.24 bits per heavy atom. The summed E-state index contributed by atoms with van der Waals surface area (Å²) in [5.41, 5.74) is 0.412. The highest BCUT2D eigenvalue weighted by atomic mass is 79.9. The van der Waals surface area contributed by atoms with Crippen LogP contribution in [0.15, 0.2) is 22.7 Å². The smallest absolute Gasteiger partial charge is 0.238 e. The van der Waals surface area contributed by atoms with E-state index in [9.17, 15) is 9.90 Å². The van der Waals surface area contributed by atoms with Gasteiger partial charge < -0.3 is 15.7 Å². The molecule has 1 aromatic rings. The van der Waals surface area contributed by atoms with Crippen molar-refractivity contribution in [1.82, 2.24) is 5.32 Å². The largest absolute Gasteiger partial charge is 0.506 e. The third kappa shape index (κ3) is 4.75. The van der Waals surface area contributed by atoms with Crippen molar-refractivity contribution in [2.45, 2.75) is 26.3 Å². The lowest BCUT2D eigenvalue weighted by molar-refractivity contribution is -0.115. The molecule has 0 saturated carbocycles. The van der Waals surface area contributed by atoms with Crippen LogP contribution in [-0.4, -0.2) is 23.6 Å². The van der Waals surface area contributed by atoms with E-state index in [1.54, 1.807) is 12.1 Å². The Hall–Kier alpha value is -1.07. The van der Waals surface area contributed by atoms with Gasteiger partial charge in [-0.05, 0) is 31.5 Å². The molecular weight excluding hydrogens is 284 g/mol. The lowest BCUT2D eigenvalue weighted by atomic mass is 10.2. The Bertz CT molecular complexity index is 396. The molecule has 0 aliphatic carbocycles. The first-order valence-electron chi connectivity index (χ1n) is 5.54. The number of amides is 1. The van der Waals surface area contributed by atoms with Crippen molar-refractivity contribution in [3.8, 4) is 5.75 Å². The lowest BCUT2D eigenvalue weighted by Crippen LogP contribution is -2.33. The molecule has 0 radical (unpaired) electrons. The van der Waals surface area contributed by atoms with Gasteiger partial charge in [0, 0.05) is 10.5 Å². The van der Waals surface area contributed by atoms with Crippen LogP contribution >= 0.6 is 15.9 Å². The molecular formula is C12H17BrN2O2. The summed E-state index contributed by atoms with van der Waals surface area (Å²) in [4.78, 5) is 11.6. The standard InChI is InChI=1S/C12H17BrN2O2/c1-3-8(2)14-7-12(17)15-10-6-9(13)4-5-11(10)16/h4-6,8,14,16H,3,7H2,1-2H3,(H,15,17). The predicted octanol–water partition coefficient (Wildman–Crippen LogP) is 2.48. The molecule has 0 aromatic heterocycles. The second-order valence-corrected chi connectivity index (χ2v) is 4.82. The molecule has 17 heavy (non-hydrogen) atoms. The quantitative estimate of drug-likeness (QED) is 0.732. The van der Waals surface area contributed by atoms with Crippen molar-refractivity contribution in [2.75, 3.05) is 11.9 Å². The number of phenols is 1. The zero-order valence-corrected chi connectivity index (χ0v) is 11.5. The van der Waals surface area contributed by atoms with Gasteiger partial charge in [0.15, 0.2) is 0 Å². The Morgan fingerprint density at radius 1 is 1.53 bits per heavy atom. The number of hydrogen-bond donors (Lipinski definition) is 3. The molecule has 0 heterocycles. The molecule has 94 valence electrons.